The highest BCUT2D eigenvalue weighted by Gasteiger charge is 2.21. The molecule has 0 spiro atoms. The van der Waals surface area contributed by atoms with E-state index in [0.717, 1.165) is 36.7 Å². The van der Waals surface area contributed by atoms with E-state index in [4.69, 9.17) is 4.74 Å². The van der Waals surface area contributed by atoms with Crippen molar-refractivity contribution in [2.45, 2.75) is 52.1 Å². The molecule has 1 aliphatic heterocycles. The zero-order valence-electron chi connectivity index (χ0n) is 16.0. The molecule has 1 heterocycles. The van der Waals surface area contributed by atoms with E-state index in [1.54, 1.807) is 7.11 Å². The summed E-state index contributed by atoms with van der Waals surface area (Å²) in [6, 6.07) is 8.15. The second-order valence-corrected chi connectivity index (χ2v) is 7.16. The molecule has 5 heteroatoms. The number of hydrogen-bond acceptors (Lipinski definition) is 3. The van der Waals surface area contributed by atoms with Gasteiger partial charge in [0.25, 0.3) is 0 Å². The highest BCUT2D eigenvalue weighted by molar-refractivity contribution is 5.74. The topological polar surface area (TPSA) is 53.6 Å². The van der Waals surface area contributed by atoms with Gasteiger partial charge >= 0.3 is 6.03 Å². The maximum atomic E-state index is 12.3. The number of carbonyl (C=O) groups excluding carboxylic acids is 1. The zero-order chi connectivity index (χ0) is 18.2. The van der Waals surface area contributed by atoms with E-state index in [0.29, 0.717) is 12.6 Å². The third-order valence-electron chi connectivity index (χ3n) is 5.23. The Morgan fingerprint density at radius 3 is 2.48 bits per heavy atom. The molecular formula is C20H33N3O2. The van der Waals surface area contributed by atoms with Crippen LogP contribution >= 0.6 is 0 Å². The van der Waals surface area contributed by atoms with E-state index in [2.05, 4.69) is 36.3 Å². The van der Waals surface area contributed by atoms with Crippen LogP contribution in [-0.4, -0.2) is 43.7 Å². The monoisotopic (exact) mass is 347 g/mol. The van der Waals surface area contributed by atoms with Gasteiger partial charge in [0, 0.05) is 12.6 Å². The van der Waals surface area contributed by atoms with E-state index < -0.39 is 0 Å². The van der Waals surface area contributed by atoms with Crippen LogP contribution in [0.4, 0.5) is 4.79 Å². The minimum atomic E-state index is -0.0973. The molecule has 0 aromatic heterocycles. The zero-order valence-corrected chi connectivity index (χ0v) is 16.0. The first-order valence-corrected chi connectivity index (χ1v) is 9.45. The largest absolute Gasteiger partial charge is 0.497 e. The van der Waals surface area contributed by atoms with E-state index in [1.807, 2.05) is 24.3 Å². The minimum absolute atomic E-state index is 0.0112. The minimum Gasteiger partial charge on any atom is -0.497 e. The quantitative estimate of drug-likeness (QED) is 0.793. The van der Waals surface area contributed by atoms with Gasteiger partial charge in [-0.15, -0.1) is 0 Å². The molecule has 1 aliphatic rings. The van der Waals surface area contributed by atoms with E-state index in [1.165, 1.54) is 12.8 Å². The SMILES string of the molecule is CCC(NC(=O)NCC(C)N1CCC(C)CC1)c1ccc(OC)cc1. The molecule has 1 fully saturated rings. The molecule has 5 nitrogen and oxygen atoms in total. The van der Waals surface area contributed by atoms with Crippen molar-refractivity contribution in [2.24, 2.45) is 5.92 Å². The average Bonchev–Trinajstić information content (AvgIpc) is 2.65. The number of nitrogens with one attached hydrogen (secondary N) is 2. The normalized spacial score (nSPS) is 18.4. The average molecular weight is 348 g/mol. The van der Waals surface area contributed by atoms with Gasteiger partial charge in [-0.2, -0.15) is 0 Å². The molecule has 2 N–H and O–H groups in total. The molecule has 2 atom stereocenters. The Morgan fingerprint density at radius 1 is 1.28 bits per heavy atom. The lowest BCUT2D eigenvalue weighted by atomic mass is 9.98. The molecule has 1 aromatic carbocycles. The third kappa shape index (κ3) is 5.92. The van der Waals surface area contributed by atoms with Gasteiger partial charge in [-0.05, 0) is 62.9 Å². The standard InChI is InChI=1S/C20H33N3O2/c1-5-19(17-6-8-18(25-4)9-7-17)22-20(24)21-14-16(3)23-12-10-15(2)11-13-23/h6-9,15-16,19H,5,10-14H2,1-4H3,(H2,21,22,24). The summed E-state index contributed by atoms with van der Waals surface area (Å²) in [7, 11) is 1.65. The molecule has 2 rings (SSSR count). The first kappa shape index (κ1) is 19.6. The predicted octanol–water partition coefficient (Wildman–Crippen LogP) is 3.57. The number of piperidine rings is 1. The van der Waals surface area contributed by atoms with E-state index in [-0.39, 0.29) is 12.1 Å². The van der Waals surface area contributed by atoms with Crippen LogP contribution in [0.3, 0.4) is 0 Å². The third-order valence-corrected chi connectivity index (χ3v) is 5.23. The Morgan fingerprint density at radius 2 is 1.92 bits per heavy atom. The highest BCUT2D eigenvalue weighted by Crippen LogP contribution is 2.20. The van der Waals surface area contributed by atoms with Crippen molar-refractivity contribution >= 4 is 6.03 Å². The Kier molecular flexibility index (Phi) is 7.56. The lowest BCUT2D eigenvalue weighted by Crippen LogP contribution is -2.48. The fourth-order valence-corrected chi connectivity index (χ4v) is 3.31. The maximum Gasteiger partial charge on any atom is 0.315 e. The van der Waals surface area contributed by atoms with Crippen LogP contribution < -0.4 is 15.4 Å². The molecule has 0 bridgehead atoms. The second-order valence-electron chi connectivity index (χ2n) is 7.16. The summed E-state index contributed by atoms with van der Waals surface area (Å²) in [6.07, 6.45) is 3.36. The van der Waals surface area contributed by atoms with Gasteiger partial charge < -0.3 is 15.4 Å². The number of ether oxygens (including phenoxy) is 1. The molecule has 25 heavy (non-hydrogen) atoms. The van der Waals surface area contributed by atoms with Crippen molar-refractivity contribution in [1.82, 2.24) is 15.5 Å². The summed E-state index contributed by atoms with van der Waals surface area (Å²) in [6.45, 7) is 9.53. The van der Waals surface area contributed by atoms with Crippen molar-refractivity contribution < 1.29 is 9.53 Å². The number of carbonyl (C=O) groups is 1. The van der Waals surface area contributed by atoms with Gasteiger partial charge in [-0.1, -0.05) is 26.0 Å². The van der Waals surface area contributed by atoms with Gasteiger partial charge in [-0.3, -0.25) is 4.90 Å². The number of urea groups is 1. The van der Waals surface area contributed by atoms with Crippen LogP contribution in [0.25, 0.3) is 0 Å². The Bertz CT molecular complexity index is 524. The summed E-state index contributed by atoms with van der Waals surface area (Å²) in [5, 5.41) is 6.11. The van der Waals surface area contributed by atoms with Crippen molar-refractivity contribution in [2.75, 3.05) is 26.7 Å². The molecule has 2 unspecified atom stereocenters. The number of rotatable bonds is 7. The first-order chi connectivity index (χ1) is 12.0. The number of likely N-dealkylation sites (tertiary alicyclic amines) is 1. The number of benzene rings is 1. The second kappa shape index (κ2) is 9.66. The van der Waals surface area contributed by atoms with Crippen molar-refractivity contribution in [3.05, 3.63) is 29.8 Å². The van der Waals surface area contributed by atoms with Crippen LogP contribution in [0, 0.1) is 5.92 Å². The molecule has 2 amide bonds. The van der Waals surface area contributed by atoms with Crippen LogP contribution in [0.5, 0.6) is 5.75 Å². The number of methoxy groups -OCH3 is 1. The predicted molar refractivity (Wildman–Crippen MR) is 102 cm³/mol. The van der Waals surface area contributed by atoms with Crippen molar-refractivity contribution in [3.63, 3.8) is 0 Å². The number of hydrogen-bond donors (Lipinski definition) is 2. The van der Waals surface area contributed by atoms with Gasteiger partial charge in [-0.25, -0.2) is 4.79 Å². The lowest BCUT2D eigenvalue weighted by Gasteiger charge is -2.35. The Balaban J connectivity index is 1.79. The van der Waals surface area contributed by atoms with E-state index in [9.17, 15) is 4.79 Å². The lowest BCUT2D eigenvalue weighted by molar-refractivity contribution is 0.145. The summed E-state index contributed by atoms with van der Waals surface area (Å²) in [5.41, 5.74) is 1.09. The summed E-state index contributed by atoms with van der Waals surface area (Å²) in [5.74, 6) is 1.65. The van der Waals surface area contributed by atoms with Crippen molar-refractivity contribution in [3.8, 4) is 5.75 Å². The molecule has 140 valence electrons. The van der Waals surface area contributed by atoms with Crippen molar-refractivity contribution in [1.29, 1.82) is 0 Å². The van der Waals surface area contributed by atoms with Crippen LogP contribution in [0.1, 0.15) is 51.6 Å². The Labute approximate surface area is 152 Å². The van der Waals surface area contributed by atoms with E-state index >= 15 is 0 Å². The van der Waals surface area contributed by atoms with Crippen LogP contribution in [-0.2, 0) is 0 Å². The van der Waals surface area contributed by atoms with Gasteiger partial charge in [0.2, 0.25) is 0 Å². The smallest absolute Gasteiger partial charge is 0.315 e. The molecular weight excluding hydrogens is 314 g/mol. The fraction of sp³-hybridized carbons (Fsp3) is 0.650. The first-order valence-electron chi connectivity index (χ1n) is 9.45. The van der Waals surface area contributed by atoms with Gasteiger partial charge in [0.1, 0.15) is 5.75 Å². The number of nitrogens with zero attached hydrogens (tertiary/aromatic N) is 1. The highest BCUT2D eigenvalue weighted by atomic mass is 16.5. The van der Waals surface area contributed by atoms with Crippen LogP contribution in [0.2, 0.25) is 0 Å². The molecule has 1 saturated heterocycles. The molecule has 0 aliphatic carbocycles. The summed E-state index contributed by atoms with van der Waals surface area (Å²) in [4.78, 5) is 14.8. The Hall–Kier alpha value is -1.75. The molecule has 0 saturated carbocycles. The fourth-order valence-electron chi connectivity index (χ4n) is 3.31. The van der Waals surface area contributed by atoms with Gasteiger partial charge in [0.05, 0.1) is 13.2 Å². The molecule has 1 aromatic rings. The summed E-state index contributed by atoms with van der Waals surface area (Å²) < 4.78 is 5.19. The van der Waals surface area contributed by atoms with Crippen LogP contribution in [0.15, 0.2) is 24.3 Å². The number of amides is 2. The summed E-state index contributed by atoms with van der Waals surface area (Å²) >= 11 is 0. The molecule has 0 radical (unpaired) electrons. The van der Waals surface area contributed by atoms with Gasteiger partial charge in [0.15, 0.2) is 0 Å². The maximum absolute atomic E-state index is 12.3.